The third-order valence-corrected chi connectivity index (χ3v) is 11.9. The van der Waals surface area contributed by atoms with Crippen molar-refractivity contribution in [1.29, 1.82) is 0 Å². The Morgan fingerprint density at radius 3 is 2.65 bits per heavy atom. The average Bonchev–Trinajstić information content (AvgIpc) is 3.65. The highest BCUT2D eigenvalue weighted by Crippen LogP contribution is 2.56. The van der Waals surface area contributed by atoms with Crippen LogP contribution in [0.15, 0.2) is 60.8 Å². The van der Waals surface area contributed by atoms with Gasteiger partial charge >= 0.3 is 5.97 Å². The fraction of sp³-hybridized carbons (Fsp3) is 0.378. The van der Waals surface area contributed by atoms with Crippen molar-refractivity contribution < 1.29 is 19.4 Å². The Balaban J connectivity index is 0.970. The Morgan fingerprint density at radius 2 is 1.85 bits per heavy atom. The number of para-hydroxylation sites is 1. The van der Waals surface area contributed by atoms with E-state index in [1.165, 1.54) is 30.6 Å². The molecule has 2 N–H and O–H groups in total. The lowest BCUT2D eigenvalue weighted by molar-refractivity contribution is -0.194. The maximum Gasteiger partial charge on any atom is 0.355 e. The fourth-order valence-corrected chi connectivity index (χ4v) is 9.81. The molecule has 2 unspecified atom stereocenters. The van der Waals surface area contributed by atoms with Gasteiger partial charge in [0.05, 0.1) is 28.6 Å². The molecule has 3 aromatic heterocycles. The summed E-state index contributed by atoms with van der Waals surface area (Å²) < 4.78 is 9.32. The number of nitrogens with zero attached hydrogens (tertiary/aromatic N) is 5. The minimum absolute atomic E-state index is 0.00557. The molecule has 2 saturated heterocycles. The van der Waals surface area contributed by atoms with Crippen LogP contribution < -0.4 is 10.2 Å². The number of pyridine rings is 1. The highest BCUT2D eigenvalue weighted by atomic mass is 32.1. The van der Waals surface area contributed by atoms with Gasteiger partial charge in [-0.1, -0.05) is 35.6 Å². The summed E-state index contributed by atoms with van der Waals surface area (Å²) in [7, 11) is 0. The van der Waals surface area contributed by atoms with E-state index in [1.807, 2.05) is 55.5 Å². The molecule has 5 aliphatic rings. The molecule has 10 nitrogen and oxygen atoms in total. The molecular weight excluding hydrogens is 625 g/mol. The van der Waals surface area contributed by atoms with Crippen LogP contribution in [-0.2, 0) is 24.2 Å². The van der Waals surface area contributed by atoms with E-state index < -0.39 is 5.97 Å². The summed E-state index contributed by atoms with van der Waals surface area (Å²) in [6.07, 6.45) is 8.99. The number of benzene rings is 2. The van der Waals surface area contributed by atoms with Crippen molar-refractivity contribution in [1.82, 2.24) is 19.7 Å². The van der Waals surface area contributed by atoms with Gasteiger partial charge in [0, 0.05) is 42.0 Å². The molecular formula is C37H36N6O4S. The third-order valence-electron chi connectivity index (χ3n) is 10.9. The quantitative estimate of drug-likeness (QED) is 0.197. The lowest BCUT2D eigenvalue weighted by Crippen LogP contribution is -2.53. The standard InChI is InChI=1S/C37H36N6O4S/c1-21-28(18-38-43(21)20-37-15-22-13-24(16-37)47-25(14-22)17-37)26-9-10-32(40-33(26)35(45)46)42-12-11-23-5-4-6-27(29(23)19-42)34(44)41-36-39-30-7-2-3-8-31(30)48-36/h2-10,18,22,24-25H,11-17,19-20H2,1H3,(H,45,46)(H,39,41,44). The van der Waals surface area contributed by atoms with Gasteiger partial charge in [0.15, 0.2) is 10.8 Å². The van der Waals surface area contributed by atoms with Gasteiger partial charge in [0.1, 0.15) is 5.82 Å². The average molecular weight is 661 g/mol. The van der Waals surface area contributed by atoms with Crippen LogP contribution >= 0.6 is 11.3 Å². The van der Waals surface area contributed by atoms with E-state index in [4.69, 9.17) is 14.8 Å². The van der Waals surface area contributed by atoms with Gasteiger partial charge in [-0.25, -0.2) is 14.8 Å². The first-order valence-corrected chi connectivity index (χ1v) is 17.6. The zero-order chi connectivity index (χ0) is 32.6. The maximum atomic E-state index is 13.5. The second-order valence-electron chi connectivity index (χ2n) is 14.1. The van der Waals surface area contributed by atoms with Crippen molar-refractivity contribution >= 4 is 44.4 Å². The molecule has 1 amide bonds. The first-order chi connectivity index (χ1) is 23.3. The van der Waals surface area contributed by atoms with Crippen LogP contribution in [0, 0.1) is 18.3 Å². The SMILES string of the molecule is Cc1c(-c2ccc(N3CCc4cccc(C(=O)Nc5nc6ccccc6s5)c4C3)nc2C(=O)O)cnn1CC12CC3CC(C1)OC(C3)C2. The third kappa shape index (κ3) is 5.07. The smallest absolute Gasteiger partial charge is 0.355 e. The number of aromatic carboxylic acids is 1. The molecule has 11 heteroatoms. The molecule has 4 bridgehead atoms. The van der Waals surface area contributed by atoms with Gasteiger partial charge in [-0.2, -0.15) is 5.10 Å². The van der Waals surface area contributed by atoms with Gasteiger partial charge in [-0.3, -0.25) is 14.8 Å². The first-order valence-electron chi connectivity index (χ1n) is 16.8. The van der Waals surface area contributed by atoms with Crippen LogP contribution in [0.5, 0.6) is 0 Å². The number of carboxylic acid groups (broad SMARTS) is 1. The number of amides is 1. The summed E-state index contributed by atoms with van der Waals surface area (Å²) in [5.74, 6) is 0.0240. The second kappa shape index (κ2) is 11.2. The van der Waals surface area contributed by atoms with Crippen LogP contribution in [-0.4, -0.2) is 55.5 Å². The summed E-state index contributed by atoms with van der Waals surface area (Å²) in [5.41, 5.74) is 5.98. The number of rotatable bonds is 7. The molecule has 4 fully saturated rings. The van der Waals surface area contributed by atoms with Crippen molar-refractivity contribution in [2.24, 2.45) is 11.3 Å². The predicted octanol–water partition coefficient (Wildman–Crippen LogP) is 6.72. The van der Waals surface area contributed by atoms with Crippen molar-refractivity contribution in [3.8, 4) is 11.1 Å². The Labute approximate surface area is 281 Å². The molecule has 2 atom stereocenters. The number of anilines is 2. The molecule has 2 saturated carbocycles. The van der Waals surface area contributed by atoms with Gasteiger partial charge in [-0.15, -0.1) is 0 Å². The lowest BCUT2D eigenvalue weighted by atomic mass is 9.58. The van der Waals surface area contributed by atoms with Crippen molar-refractivity contribution in [2.45, 2.75) is 70.7 Å². The minimum Gasteiger partial charge on any atom is -0.476 e. The Morgan fingerprint density at radius 1 is 1.02 bits per heavy atom. The van der Waals surface area contributed by atoms with Gasteiger partial charge in [0.2, 0.25) is 0 Å². The number of hydrogen-bond donors (Lipinski definition) is 2. The van der Waals surface area contributed by atoms with E-state index in [0.717, 1.165) is 57.9 Å². The van der Waals surface area contributed by atoms with Crippen LogP contribution in [0.3, 0.4) is 0 Å². The summed E-state index contributed by atoms with van der Waals surface area (Å²) in [5, 5.41) is 18.7. The molecule has 0 spiro atoms. The summed E-state index contributed by atoms with van der Waals surface area (Å²) in [6, 6.07) is 17.4. The maximum absolute atomic E-state index is 13.5. The van der Waals surface area contributed by atoms with E-state index in [2.05, 4.69) is 25.9 Å². The highest BCUT2D eigenvalue weighted by molar-refractivity contribution is 7.22. The Bertz CT molecular complexity index is 2030. The number of nitrogens with one attached hydrogen (secondary N) is 1. The molecule has 2 aliphatic carbocycles. The number of thiazole rings is 1. The number of carbonyl (C=O) groups is 2. The molecule has 6 heterocycles. The van der Waals surface area contributed by atoms with E-state index in [9.17, 15) is 14.7 Å². The van der Waals surface area contributed by atoms with E-state index in [1.54, 1.807) is 6.20 Å². The number of carbonyl (C=O) groups excluding carboxylic acids is 1. The summed E-state index contributed by atoms with van der Waals surface area (Å²) >= 11 is 1.44. The topological polar surface area (TPSA) is 122 Å². The Hall–Kier alpha value is -4.61. The first kappa shape index (κ1) is 29.5. The number of aromatic nitrogens is 4. The molecule has 10 rings (SSSR count). The largest absolute Gasteiger partial charge is 0.476 e. The van der Waals surface area contributed by atoms with Gasteiger partial charge in [0.25, 0.3) is 5.91 Å². The van der Waals surface area contributed by atoms with Crippen LogP contribution in [0.1, 0.15) is 69.8 Å². The Kier molecular flexibility index (Phi) is 6.91. The van der Waals surface area contributed by atoms with Crippen molar-refractivity contribution in [3.63, 3.8) is 0 Å². The van der Waals surface area contributed by atoms with Gasteiger partial charge in [-0.05, 0) is 98.2 Å². The van der Waals surface area contributed by atoms with Gasteiger partial charge < -0.3 is 14.7 Å². The lowest BCUT2D eigenvalue weighted by Gasteiger charge is -2.56. The van der Waals surface area contributed by atoms with Crippen molar-refractivity contribution in [3.05, 3.63) is 88.9 Å². The minimum atomic E-state index is -1.08. The molecule has 2 aromatic carbocycles. The number of fused-ring (bicyclic) bond motifs is 2. The molecule has 244 valence electrons. The normalized spacial score (nSPS) is 24.2. The number of ether oxygens (including phenoxy) is 1. The predicted molar refractivity (Wildman–Crippen MR) is 184 cm³/mol. The van der Waals surface area contributed by atoms with Crippen LogP contribution in [0.2, 0.25) is 0 Å². The molecule has 3 aliphatic heterocycles. The van der Waals surface area contributed by atoms with E-state index in [0.29, 0.717) is 53.8 Å². The molecule has 5 aromatic rings. The highest BCUT2D eigenvalue weighted by Gasteiger charge is 2.52. The van der Waals surface area contributed by atoms with Crippen LogP contribution in [0.25, 0.3) is 21.3 Å². The van der Waals surface area contributed by atoms with Crippen molar-refractivity contribution in [2.75, 3.05) is 16.8 Å². The molecule has 0 radical (unpaired) electrons. The number of hydrogen-bond acceptors (Lipinski definition) is 8. The molecule has 48 heavy (non-hydrogen) atoms. The fourth-order valence-electron chi connectivity index (χ4n) is 8.95. The van der Waals surface area contributed by atoms with E-state index in [-0.39, 0.29) is 17.0 Å². The van der Waals surface area contributed by atoms with E-state index >= 15 is 0 Å². The summed E-state index contributed by atoms with van der Waals surface area (Å²) in [6.45, 7) is 3.96. The second-order valence-corrected chi connectivity index (χ2v) is 15.1. The van der Waals surface area contributed by atoms with Crippen LogP contribution in [0.4, 0.5) is 10.9 Å². The number of carboxylic acids is 1. The zero-order valence-electron chi connectivity index (χ0n) is 26.7. The monoisotopic (exact) mass is 660 g/mol. The summed E-state index contributed by atoms with van der Waals surface area (Å²) in [4.78, 5) is 37.5. The zero-order valence-corrected chi connectivity index (χ0v) is 27.5.